The van der Waals surface area contributed by atoms with E-state index in [2.05, 4.69) is 25.5 Å². The highest BCUT2D eigenvalue weighted by Gasteiger charge is 2.14. The first-order chi connectivity index (χ1) is 13.7. The molecule has 0 aliphatic carbocycles. The molecule has 0 aliphatic rings. The normalized spacial score (nSPS) is 10.6. The molecule has 138 valence electrons. The molecule has 2 aromatic carbocycles. The van der Waals surface area contributed by atoms with Gasteiger partial charge in [0.25, 0.3) is 0 Å². The van der Waals surface area contributed by atoms with Gasteiger partial charge in [0, 0.05) is 30.1 Å². The van der Waals surface area contributed by atoms with Gasteiger partial charge in [-0.2, -0.15) is 0 Å². The number of nitrogens with one attached hydrogen (secondary N) is 1. The lowest BCUT2D eigenvalue weighted by molar-refractivity contribution is 0.627. The highest BCUT2D eigenvalue weighted by atomic mass is 19.1. The van der Waals surface area contributed by atoms with E-state index in [1.165, 1.54) is 24.3 Å². The molecule has 0 aliphatic heterocycles. The van der Waals surface area contributed by atoms with Crippen molar-refractivity contribution in [2.24, 2.45) is 0 Å². The minimum absolute atomic E-state index is 0.335. The van der Waals surface area contributed by atoms with Crippen LogP contribution in [0.2, 0.25) is 0 Å². The molecule has 0 fully saturated rings. The fraction of sp³-hybridized carbons (Fsp3) is 0.0476. The molecule has 0 atom stereocenters. The third kappa shape index (κ3) is 3.98. The van der Waals surface area contributed by atoms with Crippen molar-refractivity contribution in [2.45, 2.75) is 6.54 Å². The summed E-state index contributed by atoms with van der Waals surface area (Å²) < 4.78 is 26.6. The maximum absolute atomic E-state index is 13.4. The number of aromatic nitrogens is 4. The highest BCUT2D eigenvalue weighted by molar-refractivity contribution is 5.78. The molecular weight excluding hydrogens is 360 g/mol. The predicted molar refractivity (Wildman–Crippen MR) is 102 cm³/mol. The molecule has 7 heteroatoms. The zero-order valence-corrected chi connectivity index (χ0v) is 14.7. The van der Waals surface area contributed by atoms with Crippen LogP contribution in [-0.2, 0) is 6.54 Å². The van der Waals surface area contributed by atoms with Crippen molar-refractivity contribution in [3.63, 3.8) is 0 Å². The van der Waals surface area contributed by atoms with Crippen LogP contribution in [0.1, 0.15) is 5.56 Å². The van der Waals surface area contributed by atoms with Gasteiger partial charge in [-0.1, -0.05) is 0 Å². The number of hydrogen-bond donors (Lipinski definition) is 1. The maximum atomic E-state index is 13.4. The van der Waals surface area contributed by atoms with Gasteiger partial charge in [-0.25, -0.2) is 13.8 Å². The van der Waals surface area contributed by atoms with Crippen molar-refractivity contribution in [3.05, 3.63) is 90.3 Å². The maximum Gasteiger partial charge on any atom is 0.243 e. The molecule has 0 saturated carbocycles. The lowest BCUT2D eigenvalue weighted by Crippen LogP contribution is -2.07. The van der Waals surface area contributed by atoms with E-state index < -0.39 is 0 Å². The Labute approximate surface area is 160 Å². The van der Waals surface area contributed by atoms with Crippen molar-refractivity contribution in [2.75, 3.05) is 5.32 Å². The third-order valence-electron chi connectivity index (χ3n) is 4.12. The second-order valence-corrected chi connectivity index (χ2v) is 6.06. The fourth-order valence-electron chi connectivity index (χ4n) is 2.69. The summed E-state index contributed by atoms with van der Waals surface area (Å²) in [5.41, 5.74) is 3.38. The zero-order valence-electron chi connectivity index (χ0n) is 14.7. The summed E-state index contributed by atoms with van der Waals surface area (Å²) in [4.78, 5) is 8.55. The van der Waals surface area contributed by atoms with Crippen molar-refractivity contribution in [3.8, 4) is 22.5 Å². The molecule has 0 bridgehead atoms. The Kier molecular flexibility index (Phi) is 4.97. The first kappa shape index (κ1) is 17.7. The molecule has 0 amide bonds. The summed E-state index contributed by atoms with van der Waals surface area (Å²) in [7, 11) is 0. The van der Waals surface area contributed by atoms with E-state index >= 15 is 0 Å². The number of hydrogen-bond acceptors (Lipinski definition) is 5. The van der Waals surface area contributed by atoms with Gasteiger partial charge >= 0.3 is 0 Å². The average molecular weight is 375 g/mol. The molecule has 2 heterocycles. The largest absolute Gasteiger partial charge is 0.349 e. The summed E-state index contributed by atoms with van der Waals surface area (Å²) in [6.45, 7) is 0.503. The average Bonchev–Trinajstić information content (AvgIpc) is 2.74. The Morgan fingerprint density at radius 3 is 1.86 bits per heavy atom. The molecule has 0 radical (unpaired) electrons. The Balaban J connectivity index is 1.71. The lowest BCUT2D eigenvalue weighted by Gasteiger charge is -2.11. The Hall–Kier alpha value is -3.74. The minimum atomic E-state index is -0.344. The Morgan fingerprint density at radius 1 is 0.679 bits per heavy atom. The molecule has 5 nitrogen and oxygen atoms in total. The Bertz CT molecular complexity index is 1070. The fourth-order valence-corrected chi connectivity index (χ4v) is 2.69. The molecule has 28 heavy (non-hydrogen) atoms. The second kappa shape index (κ2) is 7.87. The predicted octanol–water partition coefficient (Wildman–Crippen LogP) is 4.49. The van der Waals surface area contributed by atoms with E-state index in [9.17, 15) is 8.78 Å². The number of anilines is 1. The standard InChI is InChI=1S/C21H15F2N5/c22-17-5-1-15(2-6-17)19-20(16-3-7-18(23)8-4-16)27-28-21(26-19)25-13-14-9-11-24-12-10-14/h1-12H,13H2,(H,25,26,28). The molecule has 1 N–H and O–H groups in total. The minimum Gasteiger partial charge on any atom is -0.349 e. The van der Waals surface area contributed by atoms with Gasteiger partial charge in [-0.15, -0.1) is 10.2 Å². The van der Waals surface area contributed by atoms with E-state index in [1.807, 2.05) is 12.1 Å². The van der Waals surface area contributed by atoms with E-state index in [-0.39, 0.29) is 11.6 Å². The van der Waals surface area contributed by atoms with Crippen LogP contribution in [0.15, 0.2) is 73.1 Å². The van der Waals surface area contributed by atoms with Gasteiger partial charge in [0.15, 0.2) is 0 Å². The summed E-state index contributed by atoms with van der Waals surface area (Å²) in [6.07, 6.45) is 3.41. The number of rotatable bonds is 5. The second-order valence-electron chi connectivity index (χ2n) is 6.06. The number of nitrogens with zero attached hydrogens (tertiary/aromatic N) is 4. The van der Waals surface area contributed by atoms with Crippen molar-refractivity contribution in [1.82, 2.24) is 20.2 Å². The third-order valence-corrected chi connectivity index (χ3v) is 4.12. The topological polar surface area (TPSA) is 63.6 Å². The van der Waals surface area contributed by atoms with Gasteiger partial charge in [0.2, 0.25) is 5.95 Å². The summed E-state index contributed by atoms with van der Waals surface area (Å²) >= 11 is 0. The van der Waals surface area contributed by atoms with Crippen LogP contribution in [0.3, 0.4) is 0 Å². The molecule has 4 rings (SSSR count). The zero-order chi connectivity index (χ0) is 19.3. The van der Waals surface area contributed by atoms with Gasteiger partial charge < -0.3 is 5.32 Å². The van der Waals surface area contributed by atoms with E-state index in [1.54, 1.807) is 36.7 Å². The van der Waals surface area contributed by atoms with Crippen LogP contribution in [-0.4, -0.2) is 20.2 Å². The monoisotopic (exact) mass is 375 g/mol. The van der Waals surface area contributed by atoms with Gasteiger partial charge in [-0.05, 0) is 66.2 Å². The van der Waals surface area contributed by atoms with Crippen LogP contribution in [0.25, 0.3) is 22.5 Å². The van der Waals surface area contributed by atoms with Crippen LogP contribution in [0.5, 0.6) is 0 Å². The Morgan fingerprint density at radius 2 is 1.25 bits per heavy atom. The smallest absolute Gasteiger partial charge is 0.243 e. The van der Waals surface area contributed by atoms with Crippen molar-refractivity contribution in [1.29, 1.82) is 0 Å². The van der Waals surface area contributed by atoms with E-state index in [4.69, 9.17) is 0 Å². The first-order valence-electron chi connectivity index (χ1n) is 8.58. The van der Waals surface area contributed by atoms with Crippen LogP contribution in [0, 0.1) is 11.6 Å². The molecule has 0 spiro atoms. The van der Waals surface area contributed by atoms with Crippen LogP contribution in [0.4, 0.5) is 14.7 Å². The van der Waals surface area contributed by atoms with Crippen molar-refractivity contribution >= 4 is 5.95 Å². The summed E-state index contributed by atoms with van der Waals surface area (Å²) in [6, 6.07) is 15.6. The quantitative estimate of drug-likeness (QED) is 0.557. The molecule has 2 aromatic heterocycles. The first-order valence-corrected chi connectivity index (χ1v) is 8.58. The molecule has 4 aromatic rings. The number of benzene rings is 2. The molecule has 0 saturated heterocycles. The SMILES string of the molecule is Fc1ccc(-c2nnc(NCc3ccncc3)nc2-c2ccc(F)cc2)cc1. The van der Waals surface area contributed by atoms with E-state index in [0.717, 1.165) is 5.56 Å². The molecule has 0 unspecified atom stereocenters. The lowest BCUT2D eigenvalue weighted by atomic mass is 10.0. The van der Waals surface area contributed by atoms with Crippen LogP contribution >= 0.6 is 0 Å². The number of halogens is 2. The summed E-state index contributed by atoms with van der Waals surface area (Å²) in [5.74, 6) is -0.351. The van der Waals surface area contributed by atoms with Gasteiger partial charge in [-0.3, -0.25) is 4.98 Å². The van der Waals surface area contributed by atoms with Gasteiger partial charge in [0.1, 0.15) is 23.0 Å². The van der Waals surface area contributed by atoms with Gasteiger partial charge in [0.05, 0.1) is 0 Å². The van der Waals surface area contributed by atoms with Crippen molar-refractivity contribution < 1.29 is 8.78 Å². The van der Waals surface area contributed by atoms with Crippen LogP contribution < -0.4 is 5.32 Å². The van der Waals surface area contributed by atoms with E-state index in [0.29, 0.717) is 35.0 Å². The summed E-state index contributed by atoms with van der Waals surface area (Å²) in [5, 5.41) is 11.6. The number of pyridine rings is 1. The molecular formula is C21H15F2N5. The highest BCUT2D eigenvalue weighted by Crippen LogP contribution is 2.29.